The number of amides is 2. The summed E-state index contributed by atoms with van der Waals surface area (Å²) in [6.07, 6.45) is 5.23. The molecule has 1 aromatic heterocycles. The van der Waals surface area contributed by atoms with Gasteiger partial charge in [0.2, 0.25) is 5.91 Å². The lowest BCUT2D eigenvalue weighted by atomic mass is 9.98. The molecule has 0 radical (unpaired) electrons. The molecule has 1 aromatic carbocycles. The molecule has 2 aromatic rings. The van der Waals surface area contributed by atoms with E-state index in [0.717, 1.165) is 24.3 Å². The Balaban J connectivity index is 1.32. The summed E-state index contributed by atoms with van der Waals surface area (Å²) < 4.78 is 1.80. The molecule has 6 heteroatoms. The van der Waals surface area contributed by atoms with Crippen molar-refractivity contribution >= 4 is 11.8 Å². The van der Waals surface area contributed by atoms with E-state index in [9.17, 15) is 9.59 Å². The Bertz CT molecular complexity index is 840. The van der Waals surface area contributed by atoms with Crippen LogP contribution in [0.25, 0.3) is 5.69 Å². The van der Waals surface area contributed by atoms with Gasteiger partial charge in [-0.15, -0.1) is 0 Å². The van der Waals surface area contributed by atoms with Crippen LogP contribution >= 0.6 is 0 Å². The fourth-order valence-corrected chi connectivity index (χ4v) is 3.99. The van der Waals surface area contributed by atoms with Crippen LogP contribution in [0, 0.1) is 5.92 Å². The number of carbonyl (C=O) groups is 2. The maximum atomic E-state index is 12.6. The van der Waals surface area contributed by atoms with Crippen molar-refractivity contribution < 1.29 is 9.59 Å². The fourth-order valence-electron chi connectivity index (χ4n) is 3.99. The number of likely N-dealkylation sites (tertiary alicyclic amines) is 1. The van der Waals surface area contributed by atoms with Gasteiger partial charge in [0.1, 0.15) is 6.54 Å². The average molecular weight is 336 g/mol. The van der Waals surface area contributed by atoms with E-state index in [2.05, 4.69) is 5.10 Å². The van der Waals surface area contributed by atoms with Crippen LogP contribution in [0.3, 0.4) is 0 Å². The van der Waals surface area contributed by atoms with Crippen molar-refractivity contribution in [2.24, 2.45) is 5.92 Å². The molecule has 0 N–H and O–H groups in total. The first-order valence-corrected chi connectivity index (χ1v) is 8.93. The smallest absolute Gasteiger partial charge is 0.258 e. The largest absolute Gasteiger partial charge is 0.338 e. The van der Waals surface area contributed by atoms with Crippen LogP contribution in [-0.4, -0.2) is 50.5 Å². The summed E-state index contributed by atoms with van der Waals surface area (Å²) in [6, 6.07) is 10.2. The third kappa shape index (κ3) is 2.35. The summed E-state index contributed by atoms with van der Waals surface area (Å²) in [5.41, 5.74) is 2.41. The lowest BCUT2D eigenvalue weighted by molar-refractivity contribution is -0.140. The Morgan fingerprint density at radius 1 is 1.16 bits per heavy atom. The van der Waals surface area contributed by atoms with Gasteiger partial charge in [0.15, 0.2) is 0 Å². The molecule has 2 amide bonds. The van der Waals surface area contributed by atoms with E-state index in [1.54, 1.807) is 15.8 Å². The van der Waals surface area contributed by atoms with E-state index in [1.165, 1.54) is 12.8 Å². The Morgan fingerprint density at radius 3 is 2.64 bits per heavy atom. The van der Waals surface area contributed by atoms with Gasteiger partial charge in [-0.25, -0.2) is 4.68 Å². The number of benzene rings is 1. The number of nitrogens with zero attached hydrogens (tertiary/aromatic N) is 4. The van der Waals surface area contributed by atoms with Crippen LogP contribution in [0.2, 0.25) is 0 Å². The van der Waals surface area contributed by atoms with Gasteiger partial charge in [0.25, 0.3) is 5.91 Å². The second-order valence-electron chi connectivity index (χ2n) is 7.19. The lowest BCUT2D eigenvalue weighted by Gasteiger charge is -2.42. The number of hydrogen-bond donors (Lipinski definition) is 0. The van der Waals surface area contributed by atoms with E-state index in [1.807, 2.05) is 35.2 Å². The van der Waals surface area contributed by atoms with E-state index in [-0.39, 0.29) is 18.4 Å². The quantitative estimate of drug-likeness (QED) is 0.856. The van der Waals surface area contributed by atoms with Gasteiger partial charge < -0.3 is 9.80 Å². The van der Waals surface area contributed by atoms with Crippen molar-refractivity contribution in [2.75, 3.05) is 13.1 Å². The predicted molar refractivity (Wildman–Crippen MR) is 91.1 cm³/mol. The summed E-state index contributed by atoms with van der Waals surface area (Å²) in [5, 5.41) is 4.35. The molecule has 1 aliphatic carbocycles. The highest BCUT2D eigenvalue weighted by Crippen LogP contribution is 2.41. The Morgan fingerprint density at radius 2 is 1.96 bits per heavy atom. The third-order valence-corrected chi connectivity index (χ3v) is 5.61. The molecule has 1 unspecified atom stereocenters. The predicted octanol–water partition coefficient (Wildman–Crippen LogP) is 1.84. The molecule has 3 heterocycles. The van der Waals surface area contributed by atoms with Crippen LogP contribution in [-0.2, 0) is 11.3 Å². The zero-order chi connectivity index (χ0) is 17.0. The second-order valence-corrected chi connectivity index (χ2v) is 7.19. The summed E-state index contributed by atoms with van der Waals surface area (Å²) >= 11 is 0. The highest BCUT2D eigenvalue weighted by atomic mass is 16.2. The van der Waals surface area contributed by atoms with Gasteiger partial charge in [0.05, 0.1) is 29.7 Å². The summed E-state index contributed by atoms with van der Waals surface area (Å²) in [6.45, 7) is 1.45. The Labute approximate surface area is 146 Å². The van der Waals surface area contributed by atoms with Gasteiger partial charge >= 0.3 is 0 Å². The van der Waals surface area contributed by atoms with Gasteiger partial charge in [0, 0.05) is 12.6 Å². The molecule has 0 bridgehead atoms. The van der Waals surface area contributed by atoms with Crippen LogP contribution < -0.4 is 0 Å². The highest BCUT2D eigenvalue weighted by molar-refractivity contribution is 5.99. The number of fused-ring (bicyclic) bond motifs is 1. The molecular weight excluding hydrogens is 316 g/mol. The van der Waals surface area contributed by atoms with Crippen molar-refractivity contribution in [2.45, 2.75) is 31.8 Å². The number of carbonyl (C=O) groups excluding carboxylic acids is 2. The molecule has 5 rings (SSSR count). The molecule has 2 fully saturated rings. The summed E-state index contributed by atoms with van der Waals surface area (Å²) in [4.78, 5) is 28.9. The SMILES string of the molecule is O=C1c2cnn(-c3ccccc3)c2CN1CC(=O)N1CCC1C1CC1. The van der Waals surface area contributed by atoms with Crippen molar-refractivity contribution in [3.63, 3.8) is 0 Å². The second kappa shape index (κ2) is 5.44. The summed E-state index contributed by atoms with van der Waals surface area (Å²) in [7, 11) is 0. The number of aromatic nitrogens is 2. The summed E-state index contributed by atoms with van der Waals surface area (Å²) in [5.74, 6) is 0.700. The van der Waals surface area contributed by atoms with Crippen molar-refractivity contribution in [1.82, 2.24) is 19.6 Å². The van der Waals surface area contributed by atoms with Crippen molar-refractivity contribution in [3.8, 4) is 5.69 Å². The standard InChI is InChI=1S/C19H20N4O2/c24-18(22-9-8-16(22)13-6-7-13)12-21-11-17-15(19(21)25)10-20-23(17)14-4-2-1-3-5-14/h1-5,10,13,16H,6-9,11-12H2. The molecule has 25 heavy (non-hydrogen) atoms. The minimum Gasteiger partial charge on any atom is -0.338 e. The van der Waals surface area contributed by atoms with E-state index in [0.29, 0.717) is 24.1 Å². The first-order valence-electron chi connectivity index (χ1n) is 8.93. The van der Waals surface area contributed by atoms with E-state index < -0.39 is 0 Å². The van der Waals surface area contributed by atoms with E-state index >= 15 is 0 Å². The van der Waals surface area contributed by atoms with E-state index in [4.69, 9.17) is 0 Å². The Hall–Kier alpha value is -2.63. The lowest BCUT2D eigenvalue weighted by Crippen LogP contribution is -2.55. The maximum absolute atomic E-state index is 12.6. The van der Waals surface area contributed by atoms with Crippen LogP contribution in [0.5, 0.6) is 0 Å². The fraction of sp³-hybridized carbons (Fsp3) is 0.421. The molecule has 128 valence electrons. The highest BCUT2D eigenvalue weighted by Gasteiger charge is 2.43. The number of rotatable bonds is 4. The number of hydrogen-bond acceptors (Lipinski definition) is 3. The minimum absolute atomic E-state index is 0.0841. The monoisotopic (exact) mass is 336 g/mol. The molecule has 6 nitrogen and oxygen atoms in total. The van der Waals surface area contributed by atoms with Crippen LogP contribution in [0.15, 0.2) is 36.5 Å². The zero-order valence-electron chi connectivity index (χ0n) is 14.0. The van der Waals surface area contributed by atoms with Gasteiger partial charge in [-0.3, -0.25) is 9.59 Å². The average Bonchev–Trinajstić information content (AvgIpc) is 3.24. The topological polar surface area (TPSA) is 58.4 Å². The first kappa shape index (κ1) is 14.7. The minimum atomic E-state index is -0.0889. The molecule has 1 atom stereocenters. The first-order chi connectivity index (χ1) is 12.2. The zero-order valence-corrected chi connectivity index (χ0v) is 14.0. The van der Waals surface area contributed by atoms with Crippen LogP contribution in [0.1, 0.15) is 35.3 Å². The van der Waals surface area contributed by atoms with Crippen LogP contribution in [0.4, 0.5) is 0 Å². The van der Waals surface area contributed by atoms with Gasteiger partial charge in [-0.2, -0.15) is 5.10 Å². The van der Waals surface area contributed by atoms with Crippen molar-refractivity contribution in [3.05, 3.63) is 47.8 Å². The number of para-hydroxylation sites is 1. The molecule has 2 aliphatic heterocycles. The van der Waals surface area contributed by atoms with Crippen molar-refractivity contribution in [1.29, 1.82) is 0 Å². The maximum Gasteiger partial charge on any atom is 0.258 e. The molecule has 1 saturated heterocycles. The Kier molecular flexibility index (Phi) is 3.20. The van der Waals surface area contributed by atoms with Gasteiger partial charge in [-0.05, 0) is 37.3 Å². The molecule has 1 saturated carbocycles. The third-order valence-electron chi connectivity index (χ3n) is 5.61. The normalized spacial score (nSPS) is 22.1. The van der Waals surface area contributed by atoms with Gasteiger partial charge in [-0.1, -0.05) is 18.2 Å². The molecular formula is C19H20N4O2. The molecule has 0 spiro atoms. The molecule has 3 aliphatic rings.